The number of hydrogen-bond donors (Lipinski definition) is 1. The fourth-order valence-corrected chi connectivity index (χ4v) is 1.83. The van der Waals surface area contributed by atoms with Crippen LogP contribution in [0.4, 0.5) is 11.9 Å². The van der Waals surface area contributed by atoms with Gasteiger partial charge in [-0.15, -0.1) is 0 Å². The van der Waals surface area contributed by atoms with Crippen LogP contribution in [0.1, 0.15) is 0 Å². The topological polar surface area (TPSA) is 103 Å². The Labute approximate surface area is 109 Å². The highest BCUT2D eigenvalue weighted by atomic mass is 16.5. The molecular weight excluding hydrogens is 246 g/mol. The Morgan fingerprint density at radius 2 is 1.79 bits per heavy atom. The lowest BCUT2D eigenvalue weighted by molar-refractivity contribution is 0.122. The van der Waals surface area contributed by atoms with Crippen LogP contribution in [0.2, 0.25) is 0 Å². The standard InChI is InChI=1S/C11H13N7O/c12-10-15-9(8-5-13-7-14-6-8)16-11(17-10)18-1-3-19-4-2-18/h5-7H,1-4H2,(H2,12,15,16,17). The molecule has 0 bridgehead atoms. The van der Waals surface area contributed by atoms with Gasteiger partial charge in [0.25, 0.3) is 0 Å². The van der Waals surface area contributed by atoms with Crippen LogP contribution >= 0.6 is 0 Å². The average molecular weight is 259 g/mol. The van der Waals surface area contributed by atoms with E-state index in [0.29, 0.717) is 30.5 Å². The minimum absolute atomic E-state index is 0.190. The number of morpholine rings is 1. The van der Waals surface area contributed by atoms with E-state index in [9.17, 15) is 0 Å². The molecule has 0 spiro atoms. The first-order valence-corrected chi connectivity index (χ1v) is 5.92. The first kappa shape index (κ1) is 11.7. The molecule has 0 radical (unpaired) electrons. The van der Waals surface area contributed by atoms with Gasteiger partial charge in [0.1, 0.15) is 6.33 Å². The van der Waals surface area contributed by atoms with E-state index >= 15 is 0 Å². The number of nitrogens with two attached hydrogens (primary N) is 1. The van der Waals surface area contributed by atoms with E-state index in [2.05, 4.69) is 24.9 Å². The van der Waals surface area contributed by atoms with Gasteiger partial charge in [0.2, 0.25) is 11.9 Å². The summed E-state index contributed by atoms with van der Waals surface area (Å²) in [6, 6.07) is 0. The number of nitrogens with zero attached hydrogens (tertiary/aromatic N) is 6. The van der Waals surface area contributed by atoms with Crippen molar-refractivity contribution in [1.82, 2.24) is 24.9 Å². The first-order valence-electron chi connectivity index (χ1n) is 5.92. The quantitative estimate of drug-likeness (QED) is 0.787. The maximum absolute atomic E-state index is 5.74. The van der Waals surface area contributed by atoms with Crippen LogP contribution in [0.5, 0.6) is 0 Å². The predicted octanol–water partition coefficient (Wildman–Crippen LogP) is -0.253. The fraction of sp³-hybridized carbons (Fsp3) is 0.364. The van der Waals surface area contributed by atoms with Crippen LogP contribution in [0.15, 0.2) is 18.7 Å². The molecule has 0 aromatic carbocycles. The maximum Gasteiger partial charge on any atom is 0.230 e. The first-order chi connectivity index (χ1) is 9.33. The van der Waals surface area contributed by atoms with E-state index in [1.807, 2.05) is 4.90 Å². The van der Waals surface area contributed by atoms with Crippen LogP contribution in [-0.4, -0.2) is 51.2 Å². The SMILES string of the molecule is Nc1nc(-c2cncnc2)nc(N2CCOCC2)n1. The smallest absolute Gasteiger partial charge is 0.230 e. The van der Waals surface area contributed by atoms with Crippen LogP contribution in [0, 0.1) is 0 Å². The van der Waals surface area contributed by atoms with Gasteiger partial charge in [-0.25, -0.2) is 9.97 Å². The van der Waals surface area contributed by atoms with Crippen molar-refractivity contribution in [1.29, 1.82) is 0 Å². The Kier molecular flexibility index (Phi) is 3.15. The van der Waals surface area contributed by atoms with Gasteiger partial charge in [-0.3, -0.25) is 0 Å². The van der Waals surface area contributed by atoms with Crippen molar-refractivity contribution in [2.75, 3.05) is 36.9 Å². The zero-order valence-electron chi connectivity index (χ0n) is 10.2. The van der Waals surface area contributed by atoms with E-state index in [0.717, 1.165) is 13.1 Å². The molecule has 1 aliphatic heterocycles. The minimum atomic E-state index is 0.190. The van der Waals surface area contributed by atoms with E-state index < -0.39 is 0 Å². The van der Waals surface area contributed by atoms with Gasteiger partial charge in [0.05, 0.1) is 18.8 Å². The number of anilines is 2. The zero-order chi connectivity index (χ0) is 13.1. The molecule has 8 nitrogen and oxygen atoms in total. The Bertz CT molecular complexity index is 556. The van der Waals surface area contributed by atoms with Gasteiger partial charge in [-0.05, 0) is 0 Å². The van der Waals surface area contributed by atoms with E-state index in [1.165, 1.54) is 6.33 Å². The highest BCUT2D eigenvalue weighted by Crippen LogP contribution is 2.17. The van der Waals surface area contributed by atoms with Crippen molar-refractivity contribution in [2.45, 2.75) is 0 Å². The number of ether oxygens (including phenoxy) is 1. The number of aromatic nitrogens is 5. The molecule has 3 heterocycles. The highest BCUT2D eigenvalue weighted by molar-refractivity contribution is 5.55. The van der Waals surface area contributed by atoms with Gasteiger partial charge >= 0.3 is 0 Å². The summed E-state index contributed by atoms with van der Waals surface area (Å²) in [7, 11) is 0. The molecule has 98 valence electrons. The molecular formula is C11H13N7O. The normalized spacial score (nSPS) is 15.5. The summed E-state index contributed by atoms with van der Waals surface area (Å²) in [5.41, 5.74) is 6.46. The third-order valence-corrected chi connectivity index (χ3v) is 2.75. The summed E-state index contributed by atoms with van der Waals surface area (Å²) in [6.45, 7) is 2.81. The largest absolute Gasteiger partial charge is 0.378 e. The summed E-state index contributed by atoms with van der Waals surface area (Å²) < 4.78 is 5.30. The second kappa shape index (κ2) is 5.11. The number of rotatable bonds is 2. The lowest BCUT2D eigenvalue weighted by Crippen LogP contribution is -2.37. The molecule has 1 aliphatic rings. The third kappa shape index (κ3) is 2.58. The lowest BCUT2D eigenvalue weighted by Gasteiger charge is -2.26. The van der Waals surface area contributed by atoms with Crippen LogP contribution in [-0.2, 0) is 4.74 Å². The molecule has 0 amide bonds. The molecule has 1 fully saturated rings. The van der Waals surface area contributed by atoms with Crippen LogP contribution in [0.3, 0.4) is 0 Å². The van der Waals surface area contributed by atoms with Crippen molar-refractivity contribution < 1.29 is 4.74 Å². The molecule has 3 rings (SSSR count). The molecule has 2 N–H and O–H groups in total. The molecule has 1 saturated heterocycles. The molecule has 2 aromatic rings. The maximum atomic E-state index is 5.74. The monoisotopic (exact) mass is 259 g/mol. The molecule has 0 aliphatic carbocycles. The number of hydrogen-bond acceptors (Lipinski definition) is 8. The Morgan fingerprint density at radius 3 is 2.53 bits per heavy atom. The molecule has 19 heavy (non-hydrogen) atoms. The van der Waals surface area contributed by atoms with E-state index in [-0.39, 0.29) is 5.95 Å². The summed E-state index contributed by atoms with van der Waals surface area (Å²) in [6.07, 6.45) is 4.74. The van der Waals surface area contributed by atoms with Gasteiger partial charge < -0.3 is 15.4 Å². The number of nitrogen functional groups attached to an aromatic ring is 1. The van der Waals surface area contributed by atoms with Gasteiger partial charge in [0.15, 0.2) is 5.82 Å². The lowest BCUT2D eigenvalue weighted by atomic mass is 10.3. The van der Waals surface area contributed by atoms with Crippen molar-refractivity contribution >= 4 is 11.9 Å². The second-order valence-electron chi connectivity index (χ2n) is 4.04. The molecule has 0 unspecified atom stereocenters. The zero-order valence-corrected chi connectivity index (χ0v) is 10.2. The third-order valence-electron chi connectivity index (χ3n) is 2.75. The second-order valence-corrected chi connectivity index (χ2v) is 4.04. The summed E-state index contributed by atoms with van der Waals surface area (Å²) in [5.74, 6) is 1.24. The van der Waals surface area contributed by atoms with E-state index in [4.69, 9.17) is 10.5 Å². The average Bonchev–Trinajstić information content (AvgIpc) is 2.48. The van der Waals surface area contributed by atoms with E-state index in [1.54, 1.807) is 12.4 Å². The highest BCUT2D eigenvalue weighted by Gasteiger charge is 2.16. The summed E-state index contributed by atoms with van der Waals surface area (Å²) in [4.78, 5) is 22.6. The van der Waals surface area contributed by atoms with Gasteiger partial charge in [-0.1, -0.05) is 0 Å². The minimum Gasteiger partial charge on any atom is -0.378 e. The molecule has 0 saturated carbocycles. The van der Waals surface area contributed by atoms with Crippen LogP contribution < -0.4 is 10.6 Å². The Hall–Kier alpha value is -2.35. The predicted molar refractivity (Wildman–Crippen MR) is 68.3 cm³/mol. The Morgan fingerprint density at radius 1 is 1.05 bits per heavy atom. The molecule has 8 heteroatoms. The fourth-order valence-electron chi connectivity index (χ4n) is 1.83. The van der Waals surface area contributed by atoms with Crippen molar-refractivity contribution in [3.63, 3.8) is 0 Å². The van der Waals surface area contributed by atoms with Crippen molar-refractivity contribution in [2.24, 2.45) is 0 Å². The molecule has 2 aromatic heterocycles. The Balaban J connectivity index is 1.96. The van der Waals surface area contributed by atoms with Gasteiger partial charge in [0, 0.05) is 25.5 Å². The van der Waals surface area contributed by atoms with Gasteiger partial charge in [-0.2, -0.15) is 15.0 Å². The molecule has 0 atom stereocenters. The van der Waals surface area contributed by atoms with Crippen molar-refractivity contribution in [3.05, 3.63) is 18.7 Å². The summed E-state index contributed by atoms with van der Waals surface area (Å²) >= 11 is 0. The summed E-state index contributed by atoms with van der Waals surface area (Å²) in [5, 5.41) is 0. The van der Waals surface area contributed by atoms with Crippen molar-refractivity contribution in [3.8, 4) is 11.4 Å². The van der Waals surface area contributed by atoms with Crippen LogP contribution in [0.25, 0.3) is 11.4 Å².